The number of fused-ring (bicyclic) bond motifs is 2. The summed E-state index contributed by atoms with van der Waals surface area (Å²) in [6.45, 7) is 16.0. The maximum atomic E-state index is 13.3. The Balaban J connectivity index is 0.000000192. The van der Waals surface area contributed by atoms with Crippen LogP contribution in [0.3, 0.4) is 0 Å². The highest BCUT2D eigenvalue weighted by molar-refractivity contribution is 5.96. The molecular weight excluding hydrogens is 1400 g/mol. The number of aryl methyl sites for hydroxylation is 1. The molecule has 0 saturated carbocycles. The number of benzene rings is 4. The smallest absolute Gasteiger partial charge is 0.411 e. The van der Waals surface area contributed by atoms with Gasteiger partial charge in [-0.2, -0.15) is 17.6 Å². The summed E-state index contributed by atoms with van der Waals surface area (Å²) in [5.41, 5.74) is 5.14. The summed E-state index contributed by atoms with van der Waals surface area (Å²) in [5, 5.41) is 51.3. The van der Waals surface area contributed by atoms with Crippen molar-refractivity contribution in [2.24, 2.45) is 0 Å². The number of hydrogen-bond donors (Lipinski definition) is 7. The number of aromatic nitrogens is 6. The molecule has 0 radical (unpaired) electrons. The zero-order valence-electron chi connectivity index (χ0n) is 60.4. The van der Waals surface area contributed by atoms with Crippen LogP contribution >= 0.6 is 0 Å². The van der Waals surface area contributed by atoms with Crippen LogP contribution in [0.4, 0.5) is 38.5 Å². The third-order valence-corrected chi connectivity index (χ3v) is 16.5. The van der Waals surface area contributed by atoms with Crippen LogP contribution in [0.1, 0.15) is 111 Å². The van der Waals surface area contributed by atoms with Gasteiger partial charge in [0.05, 0.1) is 61.5 Å². The van der Waals surface area contributed by atoms with Crippen LogP contribution in [0, 0.1) is 30.7 Å². The molecule has 576 valence electrons. The molecular formula is C82H94F4N12O11. The molecule has 6 aromatic heterocycles. The van der Waals surface area contributed by atoms with Crippen LogP contribution in [0.15, 0.2) is 194 Å². The maximum absolute atomic E-state index is 13.3. The van der Waals surface area contributed by atoms with E-state index in [1.165, 1.54) is 34.1 Å². The van der Waals surface area contributed by atoms with Crippen molar-refractivity contribution in [2.45, 2.75) is 124 Å². The number of β-amino-alcohol motifs (C(OH)–C–C–N with tert-alkyl or cyclic N) is 3. The summed E-state index contributed by atoms with van der Waals surface area (Å²) in [6, 6.07) is 52.4. The van der Waals surface area contributed by atoms with E-state index in [2.05, 4.69) is 45.9 Å². The van der Waals surface area contributed by atoms with E-state index in [4.69, 9.17) is 14.6 Å². The Labute approximate surface area is 631 Å². The monoisotopic (exact) mass is 1500 g/mol. The van der Waals surface area contributed by atoms with E-state index < -0.39 is 70.0 Å². The zero-order valence-corrected chi connectivity index (χ0v) is 60.4. The van der Waals surface area contributed by atoms with Gasteiger partial charge in [-0.1, -0.05) is 87.6 Å². The van der Waals surface area contributed by atoms with Crippen LogP contribution < -0.4 is 16.0 Å². The summed E-state index contributed by atoms with van der Waals surface area (Å²) >= 11 is 0. The van der Waals surface area contributed by atoms with E-state index in [1.54, 1.807) is 151 Å². The second-order valence-electron chi connectivity index (χ2n) is 28.3. The number of likely N-dealkylation sites (tertiary alicyclic amines) is 3. The lowest BCUT2D eigenvalue weighted by atomic mass is 9.88. The molecule has 27 heteroatoms. The Hall–Kier alpha value is -11.4. The molecule has 7 N–H and O–H groups in total. The average Bonchev–Trinajstić information content (AvgIpc) is 0.777. The van der Waals surface area contributed by atoms with Crippen molar-refractivity contribution in [3.63, 3.8) is 0 Å². The minimum Gasteiger partial charge on any atom is -0.478 e. The Kier molecular flexibility index (Phi) is 29.5. The third-order valence-electron chi connectivity index (χ3n) is 16.5. The van der Waals surface area contributed by atoms with Crippen LogP contribution in [0.2, 0.25) is 0 Å². The Morgan fingerprint density at radius 1 is 0.477 bits per heavy atom. The van der Waals surface area contributed by atoms with E-state index in [9.17, 15) is 56.9 Å². The number of carboxylic acid groups (broad SMARTS) is 1. The summed E-state index contributed by atoms with van der Waals surface area (Å²) in [5.74, 6) is -3.03. The second kappa shape index (κ2) is 37.9. The molecule has 109 heavy (non-hydrogen) atoms. The largest absolute Gasteiger partial charge is 0.478 e. The second-order valence-corrected chi connectivity index (χ2v) is 28.3. The van der Waals surface area contributed by atoms with Gasteiger partial charge in [-0.05, 0) is 169 Å². The number of nitrogens with zero attached hydrogens (tertiary/aromatic N) is 9. The lowest BCUT2D eigenvalue weighted by molar-refractivity contribution is -0.128. The topological polar surface area (TPSA) is 308 Å². The van der Waals surface area contributed by atoms with E-state index in [0.717, 1.165) is 44.3 Å². The van der Waals surface area contributed by atoms with Crippen molar-refractivity contribution in [1.29, 1.82) is 0 Å². The van der Waals surface area contributed by atoms with Crippen LogP contribution in [0.25, 0.3) is 21.8 Å². The molecule has 0 aliphatic carbocycles. The van der Waals surface area contributed by atoms with Crippen molar-refractivity contribution in [3.05, 3.63) is 263 Å². The number of ether oxygens (including phenoxy) is 2. The van der Waals surface area contributed by atoms with Gasteiger partial charge in [0.2, 0.25) is 23.8 Å². The van der Waals surface area contributed by atoms with Crippen molar-refractivity contribution in [2.75, 3.05) is 63.0 Å². The van der Waals surface area contributed by atoms with Crippen molar-refractivity contribution in [3.8, 4) is 0 Å². The Bertz CT molecular complexity index is 4670. The molecule has 0 unspecified atom stereocenters. The van der Waals surface area contributed by atoms with Crippen molar-refractivity contribution < 1.29 is 71.4 Å². The molecule has 23 nitrogen and oxygen atoms in total. The number of carboxylic acids is 1. The number of aromatic carboxylic acids is 1. The third kappa shape index (κ3) is 26.2. The number of para-hydroxylation sites is 2. The van der Waals surface area contributed by atoms with E-state index in [-0.39, 0.29) is 84.2 Å². The lowest BCUT2D eigenvalue weighted by Crippen LogP contribution is -2.65. The van der Waals surface area contributed by atoms with Gasteiger partial charge in [-0.3, -0.25) is 24.5 Å². The quantitative estimate of drug-likeness (QED) is 0.0393. The number of carbonyl (C=O) groups is 5. The van der Waals surface area contributed by atoms with Gasteiger partial charge < -0.3 is 55.7 Å². The minimum absolute atomic E-state index is 0. The molecule has 4 saturated heterocycles. The molecule has 14 rings (SSSR count). The number of pyridine rings is 6. The average molecular weight is 1500 g/mol. The van der Waals surface area contributed by atoms with Gasteiger partial charge in [0.1, 0.15) is 22.4 Å². The number of hydrogen-bond acceptors (Lipinski definition) is 19. The van der Waals surface area contributed by atoms with Crippen molar-refractivity contribution in [1.82, 2.24) is 49.9 Å². The first-order valence-electron chi connectivity index (χ1n) is 34.4. The number of carbonyl (C=O) groups excluding carboxylic acids is 4. The van der Waals surface area contributed by atoms with Gasteiger partial charge in [0.25, 0.3) is 5.91 Å². The SMILES string of the molecule is C.C.CC(C)(C)OC(=O)N1CC(=O)C1.CC(C)(C)OC(=O)N1CC(O)(Cc2cccc(F)n2)C1.Cc1cccc(F)n1.O=C(O)c1ccc(NCc2cccc3cccnc23)cc1.O=C(c1ccc(NCc2cccc3cccnc23)cc1)N1CC(O)(Cc2cccc(F)n2)C1.OC1(Cc2cccc(F)n2)CNC1. The fourth-order valence-corrected chi connectivity index (χ4v) is 11.4. The summed E-state index contributed by atoms with van der Waals surface area (Å²) in [7, 11) is 0. The van der Waals surface area contributed by atoms with Gasteiger partial charge in [-0.25, -0.2) is 34.3 Å². The molecule has 0 atom stereocenters. The molecule has 3 amide bonds. The van der Waals surface area contributed by atoms with Crippen molar-refractivity contribution >= 4 is 63.0 Å². The molecule has 0 bridgehead atoms. The first kappa shape index (κ1) is 84.9. The van der Waals surface area contributed by atoms with E-state index in [1.807, 2.05) is 72.8 Å². The summed E-state index contributed by atoms with van der Waals surface area (Å²) in [4.78, 5) is 85.0. The molecule has 4 aliphatic heterocycles. The number of anilines is 2. The highest BCUT2D eigenvalue weighted by Crippen LogP contribution is 2.30. The first-order chi connectivity index (χ1) is 50.7. The fraction of sp³-hybridized carbons (Fsp3) is 0.329. The van der Waals surface area contributed by atoms with E-state index >= 15 is 0 Å². The Morgan fingerprint density at radius 2 is 0.844 bits per heavy atom. The van der Waals surface area contributed by atoms with Gasteiger partial charge in [-0.15, -0.1) is 0 Å². The van der Waals surface area contributed by atoms with Crippen LogP contribution in [-0.2, 0) is 46.6 Å². The molecule has 4 aromatic carbocycles. The zero-order chi connectivity index (χ0) is 77.1. The number of Topliss-reactive ketones (excluding diaryl/α,β-unsaturated/α-hetero) is 1. The van der Waals surface area contributed by atoms with Gasteiger partial charge >= 0.3 is 18.2 Å². The predicted molar refractivity (Wildman–Crippen MR) is 408 cm³/mol. The molecule has 10 heterocycles. The van der Waals surface area contributed by atoms with Gasteiger partial charge in [0.15, 0.2) is 5.78 Å². The van der Waals surface area contributed by atoms with Crippen LogP contribution in [-0.4, -0.2) is 175 Å². The predicted octanol–water partition coefficient (Wildman–Crippen LogP) is 12.8. The molecule has 4 fully saturated rings. The molecule has 10 aromatic rings. The molecule has 4 aliphatic rings. The normalized spacial score (nSPS) is 14.6. The van der Waals surface area contributed by atoms with Gasteiger partial charge in [0, 0.05) is 108 Å². The number of halogens is 4. The standard InChI is InChI=1S/C26H23FN4O2.C17H14N2O2.C14H19FN2O3.C9H11FN2O.C8H13NO3.C6H6FN.2CH4/c27-23-8-2-7-22(30-23)14-26(33)16-31(17-26)25(32)19-9-11-21(12-10-19)29-15-20-5-1-4-18-6-3-13-28-24(18)20;20-17(21)13-6-8-15(9-7-13)19-11-14-4-1-3-12-5-2-10-18-16(12)14;1-13(2,3)20-12(18)17-8-14(19,9-17)7-10-5-4-6-11(15)16-10;10-8-3-1-2-7(12-8)4-9(13)5-11-6-9;1-8(2,3)12-7(11)9-4-6(10)5-9;1-5-3-2-4-6(7)8-5;;/h1-13,29,33H,14-17H2;1-10,19H,11H2,(H,20,21);4-6,19H,7-9H2,1-3H3;1-3,11,13H,4-6H2;4-5H2,1-3H3;2-4H,1H3;2*1H4. The minimum atomic E-state index is -1.08. The Morgan fingerprint density at radius 3 is 1.20 bits per heavy atom. The number of amides is 3. The first-order valence-corrected chi connectivity index (χ1v) is 34.4. The highest BCUT2D eigenvalue weighted by atomic mass is 19.1. The summed E-state index contributed by atoms with van der Waals surface area (Å²) < 4.78 is 61.2. The van der Waals surface area contributed by atoms with E-state index in [0.29, 0.717) is 60.9 Å². The lowest BCUT2D eigenvalue weighted by Gasteiger charge is -2.46. The highest BCUT2D eigenvalue weighted by Gasteiger charge is 2.46. The maximum Gasteiger partial charge on any atom is 0.411 e. The number of ketones is 1. The number of aliphatic hydroxyl groups is 3. The summed E-state index contributed by atoms with van der Waals surface area (Å²) in [6.07, 6.45) is 3.56. The fourth-order valence-electron chi connectivity index (χ4n) is 11.4. The number of rotatable bonds is 14. The number of nitrogens with one attached hydrogen (secondary N) is 3. The molecule has 0 spiro atoms. The van der Waals surface area contributed by atoms with Crippen LogP contribution in [0.5, 0.6) is 0 Å².